The second-order valence-corrected chi connectivity index (χ2v) is 3.09. The van der Waals surface area contributed by atoms with Crippen LogP contribution in [0, 0.1) is 0 Å². The summed E-state index contributed by atoms with van der Waals surface area (Å²) in [5.74, 6) is 0. The Balaban J connectivity index is 2.36. The predicted octanol–water partition coefficient (Wildman–Crippen LogP) is 1.95. The van der Waals surface area contributed by atoms with E-state index < -0.39 is 0 Å². The first kappa shape index (κ1) is 7.32. The van der Waals surface area contributed by atoms with Crippen LogP contribution in [0.2, 0.25) is 0 Å². The molecule has 0 aliphatic rings. The van der Waals surface area contributed by atoms with Crippen molar-refractivity contribution in [3.63, 3.8) is 0 Å². The molecule has 0 spiro atoms. The summed E-state index contributed by atoms with van der Waals surface area (Å²) in [5, 5.41) is 7.82. The maximum absolute atomic E-state index is 4.34. The molecular formula is C10H8N4. The van der Waals surface area contributed by atoms with Crippen LogP contribution >= 0.6 is 0 Å². The summed E-state index contributed by atoms with van der Waals surface area (Å²) in [5.41, 5.74) is 3.06. The van der Waals surface area contributed by atoms with Gasteiger partial charge in [0.15, 0.2) is 0 Å². The van der Waals surface area contributed by atoms with Gasteiger partial charge in [-0.05, 0) is 12.1 Å². The van der Waals surface area contributed by atoms with Gasteiger partial charge in [0.2, 0.25) is 0 Å². The zero-order valence-electron chi connectivity index (χ0n) is 7.36. The van der Waals surface area contributed by atoms with Crippen LogP contribution in [0.3, 0.4) is 0 Å². The highest BCUT2D eigenvalue weighted by Crippen LogP contribution is 2.24. The van der Waals surface area contributed by atoms with Crippen LogP contribution in [-0.4, -0.2) is 20.2 Å². The summed E-state index contributed by atoms with van der Waals surface area (Å²) in [4.78, 5) is 7.49. The van der Waals surface area contributed by atoms with Gasteiger partial charge in [-0.2, -0.15) is 5.10 Å². The number of nitrogens with zero attached hydrogens (tertiary/aromatic N) is 2. The minimum absolute atomic E-state index is 0.956. The molecule has 0 aliphatic carbocycles. The van der Waals surface area contributed by atoms with E-state index >= 15 is 0 Å². The van der Waals surface area contributed by atoms with Crippen molar-refractivity contribution in [1.82, 2.24) is 20.2 Å². The van der Waals surface area contributed by atoms with E-state index in [-0.39, 0.29) is 0 Å². The van der Waals surface area contributed by atoms with Crippen LogP contribution in [0.5, 0.6) is 0 Å². The van der Waals surface area contributed by atoms with E-state index in [1.165, 1.54) is 0 Å². The topological polar surface area (TPSA) is 57.4 Å². The van der Waals surface area contributed by atoms with Crippen molar-refractivity contribution in [3.8, 4) is 11.3 Å². The van der Waals surface area contributed by atoms with Crippen molar-refractivity contribution in [2.45, 2.75) is 0 Å². The van der Waals surface area contributed by atoms with Gasteiger partial charge in [0.1, 0.15) is 0 Å². The van der Waals surface area contributed by atoms with E-state index in [0.717, 1.165) is 22.2 Å². The third kappa shape index (κ3) is 0.939. The minimum atomic E-state index is 0.956. The van der Waals surface area contributed by atoms with E-state index in [9.17, 15) is 0 Å². The Hall–Kier alpha value is -2.10. The Bertz CT molecular complexity index is 550. The van der Waals surface area contributed by atoms with Gasteiger partial charge in [0, 0.05) is 35.1 Å². The number of hydrogen-bond donors (Lipinski definition) is 2. The molecule has 4 heteroatoms. The van der Waals surface area contributed by atoms with Crippen LogP contribution in [0.4, 0.5) is 0 Å². The summed E-state index contributed by atoms with van der Waals surface area (Å²) >= 11 is 0. The first-order chi connectivity index (χ1) is 6.95. The van der Waals surface area contributed by atoms with Gasteiger partial charge in [-0.25, -0.2) is 0 Å². The lowest BCUT2D eigenvalue weighted by molar-refractivity contribution is 1.09. The van der Waals surface area contributed by atoms with E-state index in [1.54, 1.807) is 12.4 Å². The molecule has 0 saturated heterocycles. The molecule has 0 radical (unpaired) electrons. The number of fused-ring (bicyclic) bond motifs is 1. The lowest BCUT2D eigenvalue weighted by Gasteiger charge is -1.97. The van der Waals surface area contributed by atoms with Crippen LogP contribution in [0.25, 0.3) is 22.2 Å². The lowest BCUT2D eigenvalue weighted by Crippen LogP contribution is -1.81. The first-order valence-corrected chi connectivity index (χ1v) is 4.36. The van der Waals surface area contributed by atoms with Crippen molar-refractivity contribution in [2.75, 3.05) is 0 Å². The molecule has 14 heavy (non-hydrogen) atoms. The predicted molar refractivity (Wildman–Crippen MR) is 53.7 cm³/mol. The second-order valence-electron chi connectivity index (χ2n) is 3.09. The number of pyridine rings is 1. The molecule has 0 bridgehead atoms. The molecule has 0 aliphatic heterocycles. The van der Waals surface area contributed by atoms with E-state index in [1.807, 2.05) is 24.5 Å². The van der Waals surface area contributed by atoms with Crippen molar-refractivity contribution in [2.24, 2.45) is 0 Å². The molecule has 0 amide bonds. The second kappa shape index (κ2) is 2.70. The monoisotopic (exact) mass is 184 g/mol. The smallest absolute Gasteiger partial charge is 0.0827 e. The summed E-state index contributed by atoms with van der Waals surface area (Å²) in [6, 6.07) is 3.98. The molecule has 3 heterocycles. The molecule has 68 valence electrons. The van der Waals surface area contributed by atoms with Crippen molar-refractivity contribution < 1.29 is 0 Å². The normalized spacial score (nSPS) is 10.9. The van der Waals surface area contributed by atoms with Gasteiger partial charge >= 0.3 is 0 Å². The molecule has 2 N–H and O–H groups in total. The van der Waals surface area contributed by atoms with Gasteiger partial charge in [0.05, 0.1) is 11.9 Å². The third-order valence-electron chi connectivity index (χ3n) is 2.25. The van der Waals surface area contributed by atoms with Crippen LogP contribution in [0.1, 0.15) is 0 Å². The molecule has 0 unspecified atom stereocenters. The van der Waals surface area contributed by atoms with Gasteiger partial charge in [-0.15, -0.1) is 0 Å². The first-order valence-electron chi connectivity index (χ1n) is 4.36. The summed E-state index contributed by atoms with van der Waals surface area (Å²) in [6.45, 7) is 0. The molecular weight excluding hydrogens is 176 g/mol. The van der Waals surface area contributed by atoms with Gasteiger partial charge in [-0.1, -0.05) is 0 Å². The largest absolute Gasteiger partial charge is 0.361 e. The van der Waals surface area contributed by atoms with E-state index in [0.29, 0.717) is 0 Å². The van der Waals surface area contributed by atoms with Crippen molar-refractivity contribution >= 4 is 10.9 Å². The van der Waals surface area contributed by atoms with Gasteiger partial charge in [-0.3, -0.25) is 10.1 Å². The average Bonchev–Trinajstić information content (AvgIpc) is 2.88. The Labute approximate surface area is 80.0 Å². The van der Waals surface area contributed by atoms with E-state index in [4.69, 9.17) is 0 Å². The zero-order chi connectivity index (χ0) is 9.38. The standard InChI is InChI=1S/C10H8N4/c1-3-11-9-2-4-12-10(8(1)9)7-5-13-14-6-7/h1-6,11H,(H,13,14). The molecule has 3 aromatic heterocycles. The Kier molecular flexibility index (Phi) is 1.41. The minimum Gasteiger partial charge on any atom is -0.361 e. The fraction of sp³-hybridized carbons (Fsp3) is 0. The summed E-state index contributed by atoms with van der Waals surface area (Å²) in [6.07, 6.45) is 7.32. The summed E-state index contributed by atoms with van der Waals surface area (Å²) < 4.78 is 0. The van der Waals surface area contributed by atoms with Crippen LogP contribution in [-0.2, 0) is 0 Å². The van der Waals surface area contributed by atoms with E-state index in [2.05, 4.69) is 20.2 Å². The Morgan fingerprint density at radius 1 is 1.21 bits per heavy atom. The van der Waals surface area contributed by atoms with Crippen molar-refractivity contribution in [3.05, 3.63) is 36.9 Å². The highest BCUT2D eigenvalue weighted by atomic mass is 15.1. The molecule has 0 atom stereocenters. The molecule has 3 aromatic rings. The molecule has 4 nitrogen and oxygen atoms in total. The Morgan fingerprint density at radius 2 is 2.21 bits per heavy atom. The quantitative estimate of drug-likeness (QED) is 0.607. The molecule has 0 aromatic carbocycles. The molecule has 0 fully saturated rings. The average molecular weight is 184 g/mol. The number of nitrogens with one attached hydrogen (secondary N) is 2. The van der Waals surface area contributed by atoms with Crippen LogP contribution < -0.4 is 0 Å². The lowest BCUT2D eigenvalue weighted by atomic mass is 10.1. The zero-order valence-corrected chi connectivity index (χ0v) is 7.36. The fourth-order valence-corrected chi connectivity index (χ4v) is 1.59. The Morgan fingerprint density at radius 3 is 3.07 bits per heavy atom. The third-order valence-corrected chi connectivity index (χ3v) is 2.25. The molecule has 3 rings (SSSR count). The highest BCUT2D eigenvalue weighted by molar-refractivity contribution is 5.92. The summed E-state index contributed by atoms with van der Waals surface area (Å²) in [7, 11) is 0. The maximum atomic E-state index is 4.34. The van der Waals surface area contributed by atoms with Crippen molar-refractivity contribution in [1.29, 1.82) is 0 Å². The number of aromatic amines is 2. The SMILES string of the molecule is c1cc2[nH]ccc2c(-c2cn[nH]c2)n1. The molecule has 0 saturated carbocycles. The number of rotatable bonds is 1. The van der Waals surface area contributed by atoms with Crippen LogP contribution in [0.15, 0.2) is 36.9 Å². The highest BCUT2D eigenvalue weighted by Gasteiger charge is 2.05. The fourth-order valence-electron chi connectivity index (χ4n) is 1.59. The van der Waals surface area contributed by atoms with Gasteiger partial charge < -0.3 is 4.98 Å². The maximum Gasteiger partial charge on any atom is 0.0827 e. The number of aromatic nitrogens is 4. The number of H-pyrrole nitrogens is 2. The number of hydrogen-bond acceptors (Lipinski definition) is 2. The van der Waals surface area contributed by atoms with Gasteiger partial charge in [0.25, 0.3) is 0 Å².